The predicted octanol–water partition coefficient (Wildman–Crippen LogP) is 4.59. The van der Waals surface area contributed by atoms with Crippen LogP contribution in [0.4, 0.5) is 17.6 Å². The van der Waals surface area contributed by atoms with Crippen molar-refractivity contribution >= 4 is 28.6 Å². The Kier molecular flexibility index (Phi) is 6.30. The maximum absolute atomic E-state index is 13.7. The van der Waals surface area contributed by atoms with Crippen molar-refractivity contribution in [2.45, 2.75) is 12.9 Å². The van der Waals surface area contributed by atoms with Gasteiger partial charge in [0.05, 0.1) is 17.0 Å². The third-order valence-corrected chi connectivity index (χ3v) is 6.43. The second-order valence-electron chi connectivity index (χ2n) is 7.74. The molecular weight excluding hydrogens is 536 g/mol. The molecule has 1 aromatic carbocycles. The molecule has 0 aliphatic rings. The minimum Gasteiger partial charge on any atom is -0.842 e. The van der Waals surface area contributed by atoms with Crippen molar-refractivity contribution in [2.75, 3.05) is 0 Å². The molecule has 0 atom stereocenters. The van der Waals surface area contributed by atoms with Crippen LogP contribution in [0, 0.1) is 5.95 Å². The number of aromatic nitrogens is 4. The summed E-state index contributed by atoms with van der Waals surface area (Å²) in [5.74, 6) is -2.19. The van der Waals surface area contributed by atoms with Gasteiger partial charge in [-0.1, -0.05) is 17.7 Å². The van der Waals surface area contributed by atoms with E-state index in [1.54, 1.807) is 18.2 Å². The first kappa shape index (κ1) is 24.7. The first-order valence-corrected chi connectivity index (χ1v) is 11.7. The van der Waals surface area contributed by atoms with Gasteiger partial charge in [0, 0.05) is 24.0 Å². The number of fused-ring (bicyclic) bond motifs is 1. The molecule has 0 amide bonds. The topological polar surface area (TPSA) is 83.4 Å². The van der Waals surface area contributed by atoms with E-state index in [0.717, 1.165) is 35.7 Å². The Labute approximate surface area is 214 Å². The molecular formula is C24H13ClF4N4O3S. The fraction of sp³-hybridized carbons (Fsp3) is 0.0833. The summed E-state index contributed by atoms with van der Waals surface area (Å²) in [6, 6.07) is 10.5. The number of halogens is 5. The largest absolute Gasteiger partial charge is 0.842 e. The number of hydrogen-bond acceptors (Lipinski definition) is 6. The summed E-state index contributed by atoms with van der Waals surface area (Å²) in [5, 5.41) is 13.7. The van der Waals surface area contributed by atoms with E-state index in [0.29, 0.717) is 4.88 Å². The summed E-state index contributed by atoms with van der Waals surface area (Å²) in [6.07, 6.45) is -0.995. The smallest absolute Gasteiger partial charge is 0.573 e. The Morgan fingerprint density at radius 2 is 1.84 bits per heavy atom. The van der Waals surface area contributed by atoms with Gasteiger partial charge in [-0.25, -0.2) is 19.3 Å². The molecule has 5 rings (SSSR count). The predicted molar refractivity (Wildman–Crippen MR) is 125 cm³/mol. The first-order valence-electron chi connectivity index (χ1n) is 10.5. The summed E-state index contributed by atoms with van der Waals surface area (Å²) in [7, 11) is 0. The van der Waals surface area contributed by atoms with E-state index in [1.807, 2.05) is 0 Å². The highest BCUT2D eigenvalue weighted by atomic mass is 35.5. The van der Waals surface area contributed by atoms with Crippen LogP contribution in [-0.2, 0) is 6.54 Å². The van der Waals surface area contributed by atoms with Crippen molar-refractivity contribution in [1.29, 1.82) is 0 Å². The number of nitrogens with zero attached hydrogens (tertiary/aromatic N) is 4. The Hall–Kier alpha value is -4.03. The van der Waals surface area contributed by atoms with Crippen LogP contribution in [-0.4, -0.2) is 20.7 Å². The van der Waals surface area contributed by atoms with E-state index in [2.05, 4.69) is 14.7 Å². The van der Waals surface area contributed by atoms with Gasteiger partial charge in [-0.05, 0) is 47.5 Å². The number of pyridine rings is 2. The molecule has 0 bridgehead atoms. The zero-order valence-corrected chi connectivity index (χ0v) is 19.9. The lowest BCUT2D eigenvalue weighted by atomic mass is 10.00. The fourth-order valence-corrected chi connectivity index (χ4v) is 4.81. The number of thiazole rings is 1. The third-order valence-electron chi connectivity index (χ3n) is 5.34. The van der Waals surface area contributed by atoms with E-state index < -0.39 is 29.5 Å². The van der Waals surface area contributed by atoms with Gasteiger partial charge in [0.15, 0.2) is 4.47 Å². The van der Waals surface area contributed by atoms with Crippen LogP contribution in [0.2, 0.25) is 4.47 Å². The molecule has 0 aliphatic heterocycles. The van der Waals surface area contributed by atoms with Gasteiger partial charge in [0.2, 0.25) is 5.95 Å². The summed E-state index contributed by atoms with van der Waals surface area (Å²) in [6.45, 7) is 0.0114. The van der Waals surface area contributed by atoms with Crippen molar-refractivity contribution in [2.24, 2.45) is 0 Å². The zero-order chi connectivity index (χ0) is 26.3. The monoisotopic (exact) mass is 548 g/mol. The number of benzene rings is 1. The molecule has 0 spiro atoms. The van der Waals surface area contributed by atoms with Crippen molar-refractivity contribution in [1.82, 2.24) is 14.4 Å². The van der Waals surface area contributed by atoms with Crippen molar-refractivity contribution in [3.8, 4) is 33.9 Å². The highest BCUT2D eigenvalue weighted by Crippen LogP contribution is 2.34. The lowest BCUT2D eigenvalue weighted by molar-refractivity contribution is -0.707. The van der Waals surface area contributed by atoms with Crippen LogP contribution in [0.3, 0.4) is 0 Å². The van der Waals surface area contributed by atoms with E-state index in [4.69, 9.17) is 11.6 Å². The summed E-state index contributed by atoms with van der Waals surface area (Å²) in [5.41, 5.74) is -0.616. The average molecular weight is 549 g/mol. The van der Waals surface area contributed by atoms with Crippen LogP contribution < -0.4 is 20.0 Å². The molecule has 0 radical (unpaired) electrons. The minimum absolute atomic E-state index is 0.0114. The van der Waals surface area contributed by atoms with Crippen molar-refractivity contribution < 1.29 is 32.0 Å². The summed E-state index contributed by atoms with van der Waals surface area (Å²) >= 11 is 7.06. The van der Waals surface area contributed by atoms with Gasteiger partial charge in [-0.2, -0.15) is 8.79 Å². The van der Waals surface area contributed by atoms with Crippen molar-refractivity contribution in [3.05, 3.63) is 92.8 Å². The molecule has 0 unspecified atom stereocenters. The van der Waals surface area contributed by atoms with Crippen LogP contribution >= 0.6 is 22.9 Å². The Bertz CT molecular complexity index is 1690. The maximum Gasteiger partial charge on any atom is 0.573 e. The van der Waals surface area contributed by atoms with Gasteiger partial charge in [-0.3, -0.25) is 0 Å². The molecule has 188 valence electrons. The molecule has 4 heterocycles. The number of alkyl halides is 3. The highest BCUT2D eigenvalue weighted by molar-refractivity contribution is 7.15. The molecule has 0 saturated heterocycles. The van der Waals surface area contributed by atoms with Gasteiger partial charge >= 0.3 is 11.9 Å². The fourth-order valence-electron chi connectivity index (χ4n) is 3.84. The van der Waals surface area contributed by atoms with Gasteiger partial charge < -0.3 is 9.84 Å². The molecule has 5 aromatic rings. The third kappa shape index (κ3) is 5.11. The summed E-state index contributed by atoms with van der Waals surface area (Å²) < 4.78 is 59.6. The average Bonchev–Trinajstić information content (AvgIpc) is 3.26. The zero-order valence-electron chi connectivity index (χ0n) is 18.4. The molecule has 4 aromatic heterocycles. The minimum atomic E-state index is -5.04. The Morgan fingerprint density at radius 1 is 1.05 bits per heavy atom. The quantitative estimate of drug-likeness (QED) is 0.182. The molecule has 0 saturated carbocycles. The van der Waals surface area contributed by atoms with Crippen LogP contribution in [0.5, 0.6) is 11.6 Å². The van der Waals surface area contributed by atoms with Crippen molar-refractivity contribution in [3.63, 3.8) is 0 Å². The van der Waals surface area contributed by atoms with E-state index in [-0.39, 0.29) is 38.9 Å². The molecule has 13 heteroatoms. The molecule has 7 nitrogen and oxygen atoms in total. The number of rotatable bonds is 5. The van der Waals surface area contributed by atoms with Crippen LogP contribution in [0.15, 0.2) is 71.9 Å². The standard InChI is InChI=1S/C24H13ClF4N4O3S/c25-23-31-11-17(37-23)12-33-19-3-1-2-6-32(19)21(34)20(22(33)35)15-7-14(13-4-5-18(26)30-10-13)8-16(9-15)36-24(27,28)29/h1-11H,12H2. The number of hydrogen-bond donors (Lipinski definition) is 0. The van der Waals surface area contributed by atoms with E-state index in [1.165, 1.54) is 33.5 Å². The second-order valence-corrected chi connectivity index (χ2v) is 9.44. The SMILES string of the molecule is O=c1c(-c2cc(OC(F)(F)F)cc(-c3ccc(F)nc3)c2)c([O-])[n+](Cc2cnc(Cl)s2)c2ccccn12. The Morgan fingerprint density at radius 3 is 2.51 bits per heavy atom. The highest BCUT2D eigenvalue weighted by Gasteiger charge is 2.32. The second kappa shape index (κ2) is 9.45. The maximum atomic E-state index is 13.7. The molecule has 37 heavy (non-hydrogen) atoms. The van der Waals surface area contributed by atoms with E-state index >= 15 is 0 Å². The molecule has 0 N–H and O–H groups in total. The van der Waals surface area contributed by atoms with Gasteiger partial charge in [-0.15, -0.1) is 24.5 Å². The van der Waals surface area contributed by atoms with Crippen LogP contribution in [0.1, 0.15) is 4.88 Å². The molecule has 0 fully saturated rings. The van der Waals surface area contributed by atoms with Crippen LogP contribution in [0.25, 0.3) is 27.9 Å². The first-order chi connectivity index (χ1) is 17.6. The number of ether oxygens (including phenoxy) is 1. The lowest BCUT2D eigenvalue weighted by Gasteiger charge is -2.18. The normalized spacial score (nSPS) is 11.7. The molecule has 0 aliphatic carbocycles. The lowest BCUT2D eigenvalue weighted by Crippen LogP contribution is -2.44. The van der Waals surface area contributed by atoms with E-state index in [9.17, 15) is 27.5 Å². The van der Waals surface area contributed by atoms with Gasteiger partial charge in [0.25, 0.3) is 5.65 Å². The summed E-state index contributed by atoms with van der Waals surface area (Å²) in [4.78, 5) is 21.5. The van der Waals surface area contributed by atoms with Gasteiger partial charge in [0.1, 0.15) is 17.9 Å². The Balaban J connectivity index is 1.77.